The number of benzene rings is 1. The normalized spacial score (nSPS) is 18.7. The van der Waals surface area contributed by atoms with E-state index in [1.165, 1.54) is 22.8 Å². The van der Waals surface area contributed by atoms with Crippen LogP contribution in [0.15, 0.2) is 29.1 Å². The predicted octanol–water partition coefficient (Wildman–Crippen LogP) is 1.33. The summed E-state index contributed by atoms with van der Waals surface area (Å²) in [6.45, 7) is 1.35. The molecule has 0 saturated carbocycles. The van der Waals surface area contributed by atoms with Gasteiger partial charge in [-0.25, -0.2) is 9.78 Å². The van der Waals surface area contributed by atoms with Crippen LogP contribution < -0.4 is 9.74 Å². The Balaban J connectivity index is 1.75. The van der Waals surface area contributed by atoms with Gasteiger partial charge in [-0.05, 0) is 30.7 Å². The third-order valence-electron chi connectivity index (χ3n) is 6.05. The first kappa shape index (κ1) is 22.0. The molecule has 2 aliphatic heterocycles. The maximum Gasteiger partial charge on any atom is 0.343 e. The van der Waals surface area contributed by atoms with Crippen LogP contribution in [-0.2, 0) is 38.4 Å². The molecule has 3 aromatic rings. The van der Waals surface area contributed by atoms with Crippen molar-refractivity contribution >= 4 is 32.7 Å². The van der Waals surface area contributed by atoms with Crippen molar-refractivity contribution in [1.82, 2.24) is 9.55 Å². The molecule has 12 nitrogen and oxygen atoms in total. The lowest BCUT2D eigenvalue weighted by Gasteiger charge is -2.31. The number of hydrogen-bond acceptors (Lipinski definition) is 10. The Bertz CT molecular complexity index is 1610. The van der Waals surface area contributed by atoms with Crippen molar-refractivity contribution in [2.75, 3.05) is 6.26 Å². The number of nitrogens with zero attached hydrogens (tertiary/aromatic N) is 3. The molecule has 176 valence electrons. The van der Waals surface area contributed by atoms with Crippen LogP contribution in [0.4, 0.5) is 5.69 Å². The summed E-state index contributed by atoms with van der Waals surface area (Å²) >= 11 is 0. The summed E-state index contributed by atoms with van der Waals surface area (Å²) in [7, 11) is -4.02. The van der Waals surface area contributed by atoms with E-state index in [0.717, 1.165) is 12.3 Å². The molecule has 1 aromatic carbocycles. The highest BCUT2D eigenvalue weighted by Crippen LogP contribution is 2.41. The first-order chi connectivity index (χ1) is 15.9. The number of carbonyl (C=O) groups is 1. The third-order valence-corrected chi connectivity index (χ3v) is 6.53. The smallest absolute Gasteiger partial charge is 0.343 e. The second-order valence-electron chi connectivity index (χ2n) is 8.12. The molecule has 0 spiro atoms. The van der Waals surface area contributed by atoms with Crippen LogP contribution in [0.1, 0.15) is 30.0 Å². The number of aliphatic hydroxyl groups is 1. The zero-order chi connectivity index (χ0) is 24.6. The Kier molecular flexibility index (Phi) is 4.57. The zero-order valence-corrected chi connectivity index (χ0v) is 18.7. The second kappa shape index (κ2) is 7.08. The number of cyclic esters (lactones) is 1. The van der Waals surface area contributed by atoms with Crippen LogP contribution in [0.25, 0.3) is 22.3 Å². The fourth-order valence-corrected chi connectivity index (χ4v) is 4.90. The minimum absolute atomic E-state index is 0.00492. The van der Waals surface area contributed by atoms with E-state index in [1.54, 1.807) is 6.92 Å². The quantitative estimate of drug-likeness (QED) is 0.192. The summed E-state index contributed by atoms with van der Waals surface area (Å²) in [6.07, 6.45) is 0.772. The van der Waals surface area contributed by atoms with Gasteiger partial charge in [0.05, 0.1) is 45.6 Å². The number of aromatic nitrogens is 2. The highest BCUT2D eigenvalue weighted by Gasteiger charge is 2.45. The van der Waals surface area contributed by atoms with Gasteiger partial charge in [0, 0.05) is 11.1 Å². The molecule has 4 heterocycles. The Morgan fingerprint density at radius 2 is 2.06 bits per heavy atom. The molecule has 1 N–H and O–H groups in total. The molecule has 2 aromatic heterocycles. The molecule has 0 bridgehead atoms. The molecule has 0 saturated heterocycles. The van der Waals surface area contributed by atoms with Crippen molar-refractivity contribution in [1.29, 1.82) is 0 Å². The summed E-state index contributed by atoms with van der Waals surface area (Å²) in [5.41, 5.74) is -1.35. The average Bonchev–Trinajstić information content (AvgIpc) is 3.11. The predicted molar refractivity (Wildman–Crippen MR) is 117 cm³/mol. The number of esters is 1. The van der Waals surface area contributed by atoms with E-state index in [1.807, 2.05) is 0 Å². The molecular weight excluding hydrogens is 470 g/mol. The molecule has 0 aliphatic carbocycles. The average molecular weight is 487 g/mol. The number of pyridine rings is 2. The highest BCUT2D eigenvalue weighted by atomic mass is 32.2. The van der Waals surface area contributed by atoms with E-state index >= 15 is 0 Å². The van der Waals surface area contributed by atoms with Gasteiger partial charge < -0.3 is 18.6 Å². The topological polar surface area (TPSA) is 168 Å². The molecule has 34 heavy (non-hydrogen) atoms. The number of nitro groups is 1. The molecule has 0 radical (unpaired) electrons. The van der Waals surface area contributed by atoms with E-state index in [4.69, 9.17) is 8.92 Å². The van der Waals surface area contributed by atoms with E-state index < -0.39 is 43.6 Å². The Morgan fingerprint density at radius 1 is 1.32 bits per heavy atom. The van der Waals surface area contributed by atoms with Crippen LogP contribution in [0.3, 0.4) is 0 Å². The lowest BCUT2D eigenvalue weighted by molar-refractivity contribution is -0.383. The molecule has 0 fully saturated rings. The van der Waals surface area contributed by atoms with Crippen molar-refractivity contribution in [2.24, 2.45) is 0 Å². The van der Waals surface area contributed by atoms with Crippen molar-refractivity contribution in [3.05, 3.63) is 61.4 Å². The van der Waals surface area contributed by atoms with Crippen LogP contribution >= 0.6 is 0 Å². The molecule has 5 rings (SSSR count). The van der Waals surface area contributed by atoms with Gasteiger partial charge in [0.25, 0.3) is 5.56 Å². The number of nitro benzene ring substituents is 1. The van der Waals surface area contributed by atoms with E-state index in [2.05, 4.69) is 4.98 Å². The number of fused-ring (bicyclic) bond motifs is 5. The first-order valence-corrected chi connectivity index (χ1v) is 11.9. The fourth-order valence-electron chi connectivity index (χ4n) is 4.44. The maximum atomic E-state index is 13.2. The lowest BCUT2D eigenvalue weighted by Crippen LogP contribution is -2.44. The van der Waals surface area contributed by atoms with Gasteiger partial charge in [-0.1, -0.05) is 6.92 Å². The second-order valence-corrected chi connectivity index (χ2v) is 9.70. The Hall–Kier alpha value is -3.84. The van der Waals surface area contributed by atoms with Gasteiger partial charge in [-0.3, -0.25) is 14.9 Å². The summed E-state index contributed by atoms with van der Waals surface area (Å²) in [5, 5.41) is 22.7. The van der Waals surface area contributed by atoms with Gasteiger partial charge in [-0.2, -0.15) is 8.42 Å². The standard InChI is InChI=1S/C21H17N3O9S/c1-3-21(27)13-7-15-17-10(8-23(15)19(25)12(13)9-32-20(21)26)6-11-14(22-17)4-5-16(18(11)24(28)29)33-34(2,30)31/h4-7,27H,3,8-9H2,1-2H3. The molecular formula is C21H17N3O9S. The van der Waals surface area contributed by atoms with Gasteiger partial charge in [0.15, 0.2) is 5.60 Å². The Morgan fingerprint density at radius 3 is 2.71 bits per heavy atom. The summed E-state index contributed by atoms with van der Waals surface area (Å²) < 4.78 is 34.3. The van der Waals surface area contributed by atoms with Crippen LogP contribution in [0.2, 0.25) is 0 Å². The first-order valence-electron chi connectivity index (χ1n) is 10.1. The van der Waals surface area contributed by atoms with E-state index in [0.29, 0.717) is 17.0 Å². The summed E-state index contributed by atoms with van der Waals surface area (Å²) in [5.74, 6) is -1.29. The molecule has 2 aliphatic rings. The van der Waals surface area contributed by atoms with Crippen molar-refractivity contribution in [3.8, 4) is 17.1 Å². The largest absolute Gasteiger partial charge is 0.458 e. The third kappa shape index (κ3) is 3.08. The summed E-state index contributed by atoms with van der Waals surface area (Å²) in [4.78, 5) is 41.0. The van der Waals surface area contributed by atoms with Gasteiger partial charge in [0.2, 0.25) is 5.75 Å². The van der Waals surface area contributed by atoms with Crippen LogP contribution in [-0.4, -0.2) is 40.2 Å². The van der Waals surface area contributed by atoms with Gasteiger partial charge in [0.1, 0.15) is 6.61 Å². The van der Waals surface area contributed by atoms with Gasteiger partial charge >= 0.3 is 21.8 Å². The number of carbonyl (C=O) groups excluding carboxylic acids is 1. The lowest BCUT2D eigenvalue weighted by atomic mass is 9.86. The molecule has 1 unspecified atom stereocenters. The fraction of sp³-hybridized carbons (Fsp3) is 0.286. The number of rotatable bonds is 4. The number of hydrogen-bond donors (Lipinski definition) is 1. The van der Waals surface area contributed by atoms with Gasteiger partial charge in [-0.15, -0.1) is 0 Å². The SMILES string of the molecule is CCC1(O)C(=O)OCc2c1cc1n(c2=O)Cc2cc3c([N+](=O)[O-])c(OS(C)(=O)=O)ccc3nc2-1. The zero-order valence-electron chi connectivity index (χ0n) is 17.9. The summed E-state index contributed by atoms with van der Waals surface area (Å²) in [6, 6.07) is 5.51. The minimum Gasteiger partial charge on any atom is -0.458 e. The minimum atomic E-state index is -4.02. The highest BCUT2D eigenvalue weighted by molar-refractivity contribution is 7.86. The maximum absolute atomic E-state index is 13.2. The van der Waals surface area contributed by atoms with Crippen molar-refractivity contribution in [3.63, 3.8) is 0 Å². The van der Waals surface area contributed by atoms with E-state index in [9.17, 15) is 33.2 Å². The van der Waals surface area contributed by atoms with Crippen molar-refractivity contribution < 1.29 is 32.2 Å². The van der Waals surface area contributed by atoms with Crippen LogP contribution in [0.5, 0.6) is 5.75 Å². The molecule has 13 heteroatoms. The molecule has 1 atom stereocenters. The van der Waals surface area contributed by atoms with Crippen LogP contribution in [0, 0.1) is 10.1 Å². The molecule has 0 amide bonds. The monoisotopic (exact) mass is 487 g/mol. The van der Waals surface area contributed by atoms with E-state index in [-0.39, 0.29) is 41.6 Å². The Labute approximate surface area is 191 Å². The van der Waals surface area contributed by atoms with Crippen molar-refractivity contribution in [2.45, 2.75) is 32.1 Å². The number of ether oxygens (including phenoxy) is 1.